The Morgan fingerprint density at radius 2 is 1.64 bits per heavy atom. The Bertz CT molecular complexity index is 847. The summed E-state index contributed by atoms with van der Waals surface area (Å²) in [6.07, 6.45) is -10.1. The number of alkyl halides is 6. The van der Waals surface area contributed by atoms with E-state index in [0.29, 0.717) is 17.8 Å². The van der Waals surface area contributed by atoms with E-state index in [2.05, 4.69) is 10.3 Å². The first-order valence-corrected chi connectivity index (χ1v) is 9.31. The minimum Gasteiger partial charge on any atom is -0.369 e. The molecule has 3 N–H and O–H groups in total. The molecule has 0 unspecified atom stereocenters. The Morgan fingerprint density at radius 1 is 1.07 bits per heavy atom. The molecule has 0 radical (unpaired) electrons. The summed E-state index contributed by atoms with van der Waals surface area (Å²) in [7, 11) is 0. The van der Waals surface area contributed by atoms with Gasteiger partial charge in [-0.3, -0.25) is 14.9 Å². The SMILES string of the molecule is NC(=O)CSCc1csc(NC(=O)c2cc(C(F)(F)F)cc(C(F)(F)F)c2)n1. The Hall–Kier alpha value is -2.28. The van der Waals surface area contributed by atoms with Gasteiger partial charge in [0.05, 0.1) is 22.6 Å². The highest BCUT2D eigenvalue weighted by Crippen LogP contribution is 2.36. The van der Waals surface area contributed by atoms with Gasteiger partial charge in [-0.25, -0.2) is 4.98 Å². The fourth-order valence-electron chi connectivity index (χ4n) is 1.94. The molecule has 0 saturated heterocycles. The number of benzene rings is 1. The van der Waals surface area contributed by atoms with Crippen molar-refractivity contribution in [3.8, 4) is 0 Å². The molecule has 5 nitrogen and oxygen atoms in total. The third kappa shape index (κ3) is 6.12. The Labute approximate surface area is 162 Å². The van der Waals surface area contributed by atoms with E-state index in [-0.39, 0.29) is 22.7 Å². The monoisotopic (exact) mass is 443 g/mol. The molecule has 0 bridgehead atoms. The zero-order valence-corrected chi connectivity index (χ0v) is 15.3. The van der Waals surface area contributed by atoms with Crippen LogP contribution in [0, 0.1) is 0 Å². The van der Waals surface area contributed by atoms with Crippen molar-refractivity contribution in [3.63, 3.8) is 0 Å². The third-order valence-corrected chi connectivity index (χ3v) is 4.91. The lowest BCUT2D eigenvalue weighted by molar-refractivity contribution is -0.143. The molecule has 1 aromatic heterocycles. The predicted octanol–water partition coefficient (Wildman–Crippen LogP) is 4.15. The van der Waals surface area contributed by atoms with Gasteiger partial charge >= 0.3 is 12.4 Å². The van der Waals surface area contributed by atoms with E-state index in [1.54, 1.807) is 0 Å². The van der Waals surface area contributed by atoms with Gasteiger partial charge in [0.1, 0.15) is 0 Å². The first-order chi connectivity index (χ1) is 12.9. The van der Waals surface area contributed by atoms with Crippen LogP contribution in [-0.2, 0) is 22.9 Å². The van der Waals surface area contributed by atoms with Crippen LogP contribution in [0.5, 0.6) is 0 Å². The smallest absolute Gasteiger partial charge is 0.369 e. The summed E-state index contributed by atoms with van der Waals surface area (Å²) in [5, 5.41) is 3.68. The number of halogens is 6. The average molecular weight is 443 g/mol. The number of anilines is 1. The summed E-state index contributed by atoms with van der Waals surface area (Å²) in [6.45, 7) is 0. The van der Waals surface area contributed by atoms with Gasteiger partial charge in [-0.05, 0) is 18.2 Å². The summed E-state index contributed by atoms with van der Waals surface area (Å²) in [6, 6.07) is 0.609. The Kier molecular flexibility index (Phi) is 6.59. The van der Waals surface area contributed by atoms with Crippen molar-refractivity contribution in [3.05, 3.63) is 46.0 Å². The van der Waals surface area contributed by atoms with E-state index in [1.165, 1.54) is 5.38 Å². The quantitative estimate of drug-likeness (QED) is 0.657. The van der Waals surface area contributed by atoms with Gasteiger partial charge in [0.25, 0.3) is 5.91 Å². The Morgan fingerprint density at radius 3 is 2.14 bits per heavy atom. The molecule has 0 fully saturated rings. The Balaban J connectivity index is 2.20. The number of carbonyl (C=O) groups is 2. The number of hydrogen-bond acceptors (Lipinski definition) is 5. The second-order valence-corrected chi connectivity index (χ2v) is 7.20. The van der Waals surface area contributed by atoms with Crippen molar-refractivity contribution in [2.45, 2.75) is 18.1 Å². The van der Waals surface area contributed by atoms with Crippen molar-refractivity contribution in [1.82, 2.24) is 4.98 Å². The van der Waals surface area contributed by atoms with Gasteiger partial charge in [-0.1, -0.05) is 0 Å². The second-order valence-electron chi connectivity index (χ2n) is 5.35. The molecule has 13 heteroatoms. The van der Waals surface area contributed by atoms with Crippen LogP contribution in [0.3, 0.4) is 0 Å². The van der Waals surface area contributed by atoms with Gasteiger partial charge in [0.2, 0.25) is 5.91 Å². The number of nitrogens with one attached hydrogen (secondary N) is 1. The molecule has 2 rings (SSSR count). The van der Waals surface area contributed by atoms with E-state index >= 15 is 0 Å². The number of thiazole rings is 1. The van der Waals surface area contributed by atoms with Crippen LogP contribution in [-0.4, -0.2) is 22.6 Å². The molecule has 152 valence electrons. The predicted molar refractivity (Wildman–Crippen MR) is 91.9 cm³/mol. The van der Waals surface area contributed by atoms with Crippen LogP contribution in [0.1, 0.15) is 27.2 Å². The van der Waals surface area contributed by atoms with Crippen LogP contribution < -0.4 is 11.1 Å². The fraction of sp³-hybridized carbons (Fsp3) is 0.267. The molecule has 2 aromatic rings. The van der Waals surface area contributed by atoms with Gasteiger partial charge in [-0.2, -0.15) is 26.3 Å². The molecule has 0 saturated carbocycles. The van der Waals surface area contributed by atoms with Gasteiger partial charge < -0.3 is 5.73 Å². The van der Waals surface area contributed by atoms with Crippen molar-refractivity contribution < 1.29 is 35.9 Å². The molecule has 2 amide bonds. The van der Waals surface area contributed by atoms with E-state index in [1.807, 2.05) is 0 Å². The number of hydrogen-bond donors (Lipinski definition) is 2. The number of nitrogens with zero attached hydrogens (tertiary/aromatic N) is 1. The average Bonchev–Trinajstić information content (AvgIpc) is 2.99. The zero-order valence-electron chi connectivity index (χ0n) is 13.6. The summed E-state index contributed by atoms with van der Waals surface area (Å²) in [4.78, 5) is 26.8. The maximum atomic E-state index is 12.9. The van der Waals surface area contributed by atoms with E-state index in [0.717, 1.165) is 23.1 Å². The van der Waals surface area contributed by atoms with Gasteiger partial charge in [0, 0.05) is 16.7 Å². The molecule has 0 atom stereocenters. The van der Waals surface area contributed by atoms with Crippen LogP contribution in [0.25, 0.3) is 0 Å². The summed E-state index contributed by atoms with van der Waals surface area (Å²) in [5.41, 5.74) is 1.47. The molecule has 28 heavy (non-hydrogen) atoms. The maximum absolute atomic E-state index is 12.9. The molecule has 0 aliphatic carbocycles. The largest absolute Gasteiger partial charge is 0.416 e. The van der Waals surface area contributed by atoms with Crippen LogP contribution in [0.15, 0.2) is 23.6 Å². The lowest BCUT2D eigenvalue weighted by atomic mass is 10.0. The zero-order chi connectivity index (χ0) is 21.1. The highest BCUT2D eigenvalue weighted by atomic mass is 32.2. The molecular formula is C15H11F6N3O2S2. The molecular weight excluding hydrogens is 432 g/mol. The molecule has 0 spiro atoms. The lowest BCUT2D eigenvalue weighted by Crippen LogP contribution is -2.17. The lowest BCUT2D eigenvalue weighted by Gasteiger charge is -2.13. The summed E-state index contributed by atoms with van der Waals surface area (Å²) < 4.78 is 77.2. The van der Waals surface area contributed by atoms with Crippen molar-refractivity contribution in [2.24, 2.45) is 5.73 Å². The van der Waals surface area contributed by atoms with Crippen LogP contribution in [0.2, 0.25) is 0 Å². The normalized spacial score (nSPS) is 12.1. The first-order valence-electron chi connectivity index (χ1n) is 7.27. The number of primary amides is 1. The fourth-order valence-corrected chi connectivity index (χ4v) is 3.41. The number of carbonyl (C=O) groups excluding carboxylic acids is 2. The first kappa shape index (κ1) is 22.0. The van der Waals surface area contributed by atoms with Gasteiger partial charge in [-0.15, -0.1) is 23.1 Å². The molecule has 0 aliphatic heterocycles. The topological polar surface area (TPSA) is 85.1 Å². The molecule has 1 aromatic carbocycles. The molecule has 1 heterocycles. The second kappa shape index (κ2) is 8.39. The number of rotatable bonds is 6. The molecule has 0 aliphatic rings. The highest BCUT2D eigenvalue weighted by molar-refractivity contribution is 7.99. The summed E-state index contributed by atoms with van der Waals surface area (Å²) in [5.74, 6) is -1.36. The number of thioether (sulfide) groups is 1. The van der Waals surface area contributed by atoms with E-state index in [9.17, 15) is 35.9 Å². The van der Waals surface area contributed by atoms with Crippen LogP contribution in [0.4, 0.5) is 31.5 Å². The highest BCUT2D eigenvalue weighted by Gasteiger charge is 2.37. The van der Waals surface area contributed by atoms with Crippen molar-refractivity contribution in [2.75, 3.05) is 11.1 Å². The maximum Gasteiger partial charge on any atom is 0.416 e. The van der Waals surface area contributed by atoms with Crippen molar-refractivity contribution >= 4 is 40.0 Å². The third-order valence-electron chi connectivity index (χ3n) is 3.12. The number of aromatic nitrogens is 1. The standard InChI is InChI=1S/C15H11F6N3O2S2/c16-14(17,18)8-1-7(2-9(3-8)15(19,20)21)12(26)24-13-23-10(5-28-13)4-27-6-11(22)25/h1-3,5H,4,6H2,(H2,22,25)(H,23,24,26). The van der Waals surface area contributed by atoms with Crippen LogP contribution >= 0.6 is 23.1 Å². The number of nitrogens with two attached hydrogens (primary N) is 1. The van der Waals surface area contributed by atoms with Gasteiger partial charge in [0.15, 0.2) is 5.13 Å². The minimum atomic E-state index is -5.05. The summed E-state index contributed by atoms with van der Waals surface area (Å²) >= 11 is 2.09. The van der Waals surface area contributed by atoms with E-state index < -0.39 is 40.9 Å². The number of amides is 2. The van der Waals surface area contributed by atoms with Crippen molar-refractivity contribution in [1.29, 1.82) is 0 Å². The van der Waals surface area contributed by atoms with E-state index in [4.69, 9.17) is 5.73 Å². The minimum absolute atomic E-state index is 0.00866.